The first-order chi connectivity index (χ1) is 11.2. The highest BCUT2D eigenvalue weighted by molar-refractivity contribution is 5.44. The lowest BCUT2D eigenvalue weighted by atomic mass is 10.0. The maximum Gasteiger partial charge on any atom is 0.233 e. The summed E-state index contributed by atoms with van der Waals surface area (Å²) in [6, 6.07) is 3.89. The molecule has 0 saturated heterocycles. The van der Waals surface area contributed by atoms with Gasteiger partial charge in [-0.25, -0.2) is 5.06 Å². The second-order valence-corrected chi connectivity index (χ2v) is 5.75. The number of carbonyl (C=O) groups excluding carboxylic acids is 1. The maximum atomic E-state index is 10.7. The van der Waals surface area contributed by atoms with Crippen LogP contribution in [0.25, 0.3) is 0 Å². The minimum atomic E-state index is -0.158. The third-order valence-electron chi connectivity index (χ3n) is 3.95. The van der Waals surface area contributed by atoms with Crippen LogP contribution in [0.4, 0.5) is 0 Å². The molecule has 0 aromatic carbocycles. The van der Waals surface area contributed by atoms with Gasteiger partial charge in [-0.3, -0.25) is 10.0 Å². The lowest BCUT2D eigenvalue weighted by Gasteiger charge is -2.16. The van der Waals surface area contributed by atoms with E-state index in [1.807, 2.05) is 25.3 Å². The summed E-state index contributed by atoms with van der Waals surface area (Å²) in [5.74, 6) is 0.807. The van der Waals surface area contributed by atoms with Gasteiger partial charge in [0.25, 0.3) is 0 Å². The van der Waals surface area contributed by atoms with Crippen molar-refractivity contribution in [2.75, 3.05) is 6.54 Å². The van der Waals surface area contributed by atoms with Crippen LogP contribution in [0.5, 0.6) is 0 Å². The smallest absolute Gasteiger partial charge is 0.233 e. The molecule has 2 N–H and O–H groups in total. The second kappa shape index (κ2) is 8.47. The van der Waals surface area contributed by atoms with E-state index in [1.54, 1.807) is 0 Å². The fourth-order valence-electron chi connectivity index (χ4n) is 2.54. The molecule has 0 aliphatic heterocycles. The highest BCUT2D eigenvalue weighted by atomic mass is 16.5. The molecule has 0 radical (unpaired) electrons. The fraction of sp³-hybridized carbons (Fsp3) is 0.562. The summed E-state index contributed by atoms with van der Waals surface area (Å²) in [5.41, 5.74) is 0.999. The first kappa shape index (κ1) is 17.2. The second-order valence-electron chi connectivity index (χ2n) is 5.75. The SMILES string of the molecule is CCCCCC(CN(O)C=O)c1nnc(C(C)c2ccc[nH]2)o1. The van der Waals surface area contributed by atoms with Crippen LogP contribution in [0.3, 0.4) is 0 Å². The van der Waals surface area contributed by atoms with Crippen LogP contribution < -0.4 is 0 Å². The molecule has 0 aliphatic rings. The number of aromatic nitrogens is 3. The molecule has 7 heteroatoms. The van der Waals surface area contributed by atoms with Gasteiger partial charge in [0.05, 0.1) is 18.4 Å². The monoisotopic (exact) mass is 320 g/mol. The summed E-state index contributed by atoms with van der Waals surface area (Å²) < 4.78 is 5.81. The van der Waals surface area contributed by atoms with Crippen LogP contribution in [0, 0.1) is 0 Å². The molecule has 23 heavy (non-hydrogen) atoms. The summed E-state index contributed by atoms with van der Waals surface area (Å²) in [6.45, 7) is 4.27. The number of hydroxylamine groups is 2. The summed E-state index contributed by atoms with van der Waals surface area (Å²) in [6.07, 6.45) is 6.20. The van der Waals surface area contributed by atoms with Crippen LogP contribution in [-0.2, 0) is 4.79 Å². The zero-order chi connectivity index (χ0) is 16.7. The van der Waals surface area contributed by atoms with Gasteiger partial charge >= 0.3 is 0 Å². The van der Waals surface area contributed by atoms with Gasteiger partial charge in [0, 0.05) is 11.9 Å². The van der Waals surface area contributed by atoms with Gasteiger partial charge < -0.3 is 9.40 Å². The number of hydrogen-bond donors (Lipinski definition) is 2. The quantitative estimate of drug-likeness (QED) is 0.303. The predicted octanol–water partition coefficient (Wildman–Crippen LogP) is 3.06. The average Bonchev–Trinajstić information content (AvgIpc) is 3.24. The lowest BCUT2D eigenvalue weighted by Crippen LogP contribution is -2.24. The number of aromatic amines is 1. The largest absolute Gasteiger partial charge is 0.424 e. The van der Waals surface area contributed by atoms with Crippen molar-refractivity contribution >= 4 is 6.41 Å². The number of unbranched alkanes of at least 4 members (excludes halogenated alkanes) is 2. The van der Waals surface area contributed by atoms with Crippen LogP contribution in [0.15, 0.2) is 22.7 Å². The number of H-pyrrole nitrogens is 1. The van der Waals surface area contributed by atoms with E-state index in [2.05, 4.69) is 22.1 Å². The summed E-state index contributed by atoms with van der Waals surface area (Å²) in [5, 5.41) is 18.4. The summed E-state index contributed by atoms with van der Waals surface area (Å²) in [4.78, 5) is 13.8. The molecule has 0 aliphatic carbocycles. The molecule has 126 valence electrons. The first-order valence-electron chi connectivity index (χ1n) is 8.03. The molecule has 0 fully saturated rings. The van der Waals surface area contributed by atoms with E-state index < -0.39 is 0 Å². The Morgan fingerprint density at radius 3 is 2.83 bits per heavy atom. The van der Waals surface area contributed by atoms with Crippen molar-refractivity contribution in [2.45, 2.75) is 51.4 Å². The minimum absolute atomic E-state index is 0.0288. The zero-order valence-corrected chi connectivity index (χ0v) is 13.6. The van der Waals surface area contributed by atoms with Gasteiger partial charge in [0.1, 0.15) is 0 Å². The fourth-order valence-corrected chi connectivity index (χ4v) is 2.54. The molecule has 2 rings (SSSR count). The number of rotatable bonds is 10. The van der Waals surface area contributed by atoms with Crippen molar-refractivity contribution in [3.05, 3.63) is 35.8 Å². The number of hydrogen-bond acceptors (Lipinski definition) is 5. The van der Waals surface area contributed by atoms with E-state index in [0.717, 1.165) is 31.4 Å². The van der Waals surface area contributed by atoms with E-state index in [0.29, 0.717) is 23.3 Å². The number of nitrogens with zero attached hydrogens (tertiary/aromatic N) is 3. The first-order valence-corrected chi connectivity index (χ1v) is 8.03. The average molecular weight is 320 g/mol. The van der Waals surface area contributed by atoms with Crippen molar-refractivity contribution in [3.63, 3.8) is 0 Å². The number of carbonyl (C=O) groups is 1. The molecule has 7 nitrogen and oxygen atoms in total. The summed E-state index contributed by atoms with van der Waals surface area (Å²) in [7, 11) is 0. The summed E-state index contributed by atoms with van der Waals surface area (Å²) >= 11 is 0. The Balaban J connectivity index is 2.10. The van der Waals surface area contributed by atoms with Gasteiger partial charge in [-0.2, -0.15) is 0 Å². The predicted molar refractivity (Wildman–Crippen MR) is 84.0 cm³/mol. The molecule has 1 amide bonds. The van der Waals surface area contributed by atoms with Crippen LogP contribution in [0.1, 0.15) is 68.8 Å². The molecular weight excluding hydrogens is 296 g/mol. The molecule has 2 heterocycles. The van der Waals surface area contributed by atoms with E-state index in [-0.39, 0.29) is 18.4 Å². The van der Waals surface area contributed by atoms with Crippen molar-refractivity contribution in [1.29, 1.82) is 0 Å². The van der Waals surface area contributed by atoms with Gasteiger partial charge in [-0.1, -0.05) is 26.2 Å². The Bertz CT molecular complexity index is 582. The zero-order valence-electron chi connectivity index (χ0n) is 13.6. The van der Waals surface area contributed by atoms with Gasteiger partial charge in [-0.05, 0) is 25.5 Å². The molecule has 2 aromatic rings. The Labute approximate surface area is 135 Å². The Morgan fingerprint density at radius 1 is 1.39 bits per heavy atom. The van der Waals surface area contributed by atoms with Crippen molar-refractivity contribution in [1.82, 2.24) is 20.2 Å². The standard InChI is InChI=1S/C16H24N4O3/c1-3-4-5-7-13(10-20(22)11-21)16-19-18-15(23-16)12(2)14-8-6-9-17-14/h6,8-9,11-13,17,22H,3-5,7,10H2,1-2H3. The van der Waals surface area contributed by atoms with E-state index in [9.17, 15) is 10.0 Å². The van der Waals surface area contributed by atoms with Gasteiger partial charge in [0.2, 0.25) is 18.2 Å². The molecule has 2 aromatic heterocycles. The van der Waals surface area contributed by atoms with Crippen molar-refractivity contribution in [3.8, 4) is 0 Å². The number of nitrogens with one attached hydrogen (secondary N) is 1. The van der Waals surface area contributed by atoms with Crippen molar-refractivity contribution in [2.24, 2.45) is 0 Å². The highest BCUT2D eigenvalue weighted by Gasteiger charge is 2.23. The number of amides is 1. The van der Waals surface area contributed by atoms with Crippen molar-refractivity contribution < 1.29 is 14.4 Å². The highest BCUT2D eigenvalue weighted by Crippen LogP contribution is 2.26. The maximum absolute atomic E-state index is 10.7. The van der Waals surface area contributed by atoms with E-state index in [1.165, 1.54) is 0 Å². The Kier molecular flexibility index (Phi) is 6.34. The van der Waals surface area contributed by atoms with Gasteiger partial charge in [0.15, 0.2) is 0 Å². The van der Waals surface area contributed by atoms with Crippen LogP contribution in [-0.4, -0.2) is 38.4 Å². The third kappa shape index (κ3) is 4.66. The molecule has 0 saturated carbocycles. The normalized spacial score (nSPS) is 13.7. The topological polar surface area (TPSA) is 95.2 Å². The Morgan fingerprint density at radius 2 is 2.17 bits per heavy atom. The lowest BCUT2D eigenvalue weighted by molar-refractivity contribution is -0.151. The van der Waals surface area contributed by atoms with Crippen LogP contribution >= 0.6 is 0 Å². The van der Waals surface area contributed by atoms with Gasteiger partial charge in [-0.15, -0.1) is 10.2 Å². The molecule has 2 unspecified atom stereocenters. The molecular formula is C16H24N4O3. The van der Waals surface area contributed by atoms with Crippen LogP contribution in [0.2, 0.25) is 0 Å². The minimum Gasteiger partial charge on any atom is -0.424 e. The third-order valence-corrected chi connectivity index (χ3v) is 3.95. The van der Waals surface area contributed by atoms with E-state index >= 15 is 0 Å². The van der Waals surface area contributed by atoms with E-state index in [4.69, 9.17) is 4.42 Å². The Hall–Kier alpha value is -2.15. The molecule has 2 atom stereocenters. The molecule has 0 spiro atoms. The molecule has 0 bridgehead atoms.